The molecule has 0 aliphatic heterocycles. The lowest BCUT2D eigenvalue weighted by atomic mass is 10.1. The highest BCUT2D eigenvalue weighted by Gasteiger charge is 2.25. The molecule has 0 bridgehead atoms. The molecule has 28 heavy (non-hydrogen) atoms. The van der Waals surface area contributed by atoms with E-state index in [4.69, 9.17) is 4.74 Å². The molecule has 2 rings (SSSR count). The van der Waals surface area contributed by atoms with Gasteiger partial charge in [-0.05, 0) is 37.1 Å². The van der Waals surface area contributed by atoms with Gasteiger partial charge in [0.15, 0.2) is 9.84 Å². The van der Waals surface area contributed by atoms with Gasteiger partial charge in [0.1, 0.15) is 6.61 Å². The highest BCUT2D eigenvalue weighted by Crippen LogP contribution is 2.22. The first-order valence-electron chi connectivity index (χ1n) is 10.2. The lowest BCUT2D eigenvalue weighted by molar-refractivity contribution is 0.235. The highest BCUT2D eigenvalue weighted by atomic mass is 32.2. The summed E-state index contributed by atoms with van der Waals surface area (Å²) >= 11 is 0. The van der Waals surface area contributed by atoms with Gasteiger partial charge in [0.2, 0.25) is 0 Å². The number of rotatable bonds is 12. The number of hydrogen-bond donors (Lipinski definition) is 0. The van der Waals surface area contributed by atoms with Crippen LogP contribution >= 0.6 is 0 Å². The molecule has 0 aliphatic rings. The second kappa shape index (κ2) is 11.7. The number of unbranched alkanes of at least 4 members (excludes halogenated alkanes) is 4. The summed E-state index contributed by atoms with van der Waals surface area (Å²) in [5.74, 6) is 0. The first-order valence-corrected chi connectivity index (χ1v) is 11.7. The standard InChI is InChI=1S/C24H32O3S/c1-3-4-5-6-10-13-23(18-19-27-20-22-11-8-7-9-12-22)28(25,26)24-16-14-21(2)15-17-24/h7-9,11-12,14-19,23H,3-6,10,13,20H2,1-2H3/b19-18-. The Hall–Kier alpha value is -2.07. The Morgan fingerprint density at radius 1 is 0.929 bits per heavy atom. The van der Waals surface area contributed by atoms with Crippen LogP contribution in [-0.4, -0.2) is 13.7 Å². The van der Waals surface area contributed by atoms with Crippen molar-refractivity contribution >= 4 is 9.84 Å². The Bertz CT molecular complexity index is 809. The van der Waals surface area contributed by atoms with Crippen molar-refractivity contribution in [1.29, 1.82) is 0 Å². The van der Waals surface area contributed by atoms with Gasteiger partial charge in [-0.2, -0.15) is 0 Å². The van der Waals surface area contributed by atoms with E-state index >= 15 is 0 Å². The Labute approximate surface area is 170 Å². The average Bonchev–Trinajstić information content (AvgIpc) is 2.70. The van der Waals surface area contributed by atoms with E-state index in [0.717, 1.165) is 30.4 Å². The van der Waals surface area contributed by atoms with Gasteiger partial charge in [-0.15, -0.1) is 0 Å². The Kier molecular flexibility index (Phi) is 9.29. The summed E-state index contributed by atoms with van der Waals surface area (Å²) in [6, 6.07) is 17.0. The zero-order chi connectivity index (χ0) is 20.2. The van der Waals surface area contributed by atoms with Crippen LogP contribution in [0.15, 0.2) is 71.8 Å². The quantitative estimate of drug-likeness (QED) is 0.313. The van der Waals surface area contributed by atoms with Crippen molar-refractivity contribution in [2.24, 2.45) is 0 Å². The van der Waals surface area contributed by atoms with Gasteiger partial charge >= 0.3 is 0 Å². The summed E-state index contributed by atoms with van der Waals surface area (Å²) in [5.41, 5.74) is 2.11. The summed E-state index contributed by atoms with van der Waals surface area (Å²) in [7, 11) is -3.42. The molecule has 0 aliphatic carbocycles. The SMILES string of the molecule is CCCCCCCC(/C=C\OCc1ccccc1)S(=O)(=O)c1ccc(C)cc1. The lowest BCUT2D eigenvalue weighted by Crippen LogP contribution is -2.19. The number of hydrogen-bond acceptors (Lipinski definition) is 3. The minimum absolute atomic E-state index is 0.379. The summed E-state index contributed by atoms with van der Waals surface area (Å²) in [5, 5.41) is -0.562. The van der Waals surface area contributed by atoms with Crippen LogP contribution in [0.3, 0.4) is 0 Å². The summed E-state index contributed by atoms with van der Waals surface area (Å²) < 4.78 is 31.8. The fourth-order valence-corrected chi connectivity index (χ4v) is 4.68. The van der Waals surface area contributed by atoms with Gasteiger partial charge in [-0.25, -0.2) is 8.42 Å². The fourth-order valence-electron chi connectivity index (χ4n) is 3.07. The van der Waals surface area contributed by atoms with Crippen molar-refractivity contribution in [3.8, 4) is 0 Å². The molecule has 0 radical (unpaired) electrons. The van der Waals surface area contributed by atoms with Gasteiger partial charge in [0.25, 0.3) is 0 Å². The van der Waals surface area contributed by atoms with Crippen LogP contribution in [0, 0.1) is 6.92 Å². The van der Waals surface area contributed by atoms with Crippen molar-refractivity contribution in [2.45, 2.75) is 69.1 Å². The maximum absolute atomic E-state index is 13.1. The van der Waals surface area contributed by atoms with Crippen LogP contribution in [0.25, 0.3) is 0 Å². The molecular formula is C24H32O3S. The molecule has 0 heterocycles. The second-order valence-corrected chi connectivity index (χ2v) is 9.39. The molecule has 2 aromatic rings. The van der Waals surface area contributed by atoms with E-state index in [1.165, 1.54) is 12.8 Å². The van der Waals surface area contributed by atoms with Crippen molar-refractivity contribution in [2.75, 3.05) is 0 Å². The van der Waals surface area contributed by atoms with Crippen LogP contribution < -0.4 is 0 Å². The third kappa shape index (κ3) is 7.16. The first-order chi connectivity index (χ1) is 13.5. The predicted octanol–water partition coefficient (Wildman–Crippen LogP) is 6.23. The van der Waals surface area contributed by atoms with E-state index in [1.807, 2.05) is 49.4 Å². The second-order valence-electron chi connectivity index (χ2n) is 7.22. The fraction of sp³-hybridized carbons (Fsp3) is 0.417. The molecular weight excluding hydrogens is 368 g/mol. The third-order valence-corrected chi connectivity index (χ3v) is 6.94. The third-order valence-electron chi connectivity index (χ3n) is 4.82. The molecule has 0 saturated carbocycles. The van der Waals surface area contributed by atoms with Crippen molar-refractivity contribution in [1.82, 2.24) is 0 Å². The number of sulfone groups is 1. The molecule has 0 N–H and O–H groups in total. The van der Waals surface area contributed by atoms with E-state index in [9.17, 15) is 8.42 Å². The maximum atomic E-state index is 13.1. The van der Waals surface area contributed by atoms with Crippen molar-refractivity contribution in [3.63, 3.8) is 0 Å². The zero-order valence-electron chi connectivity index (χ0n) is 17.0. The van der Waals surface area contributed by atoms with Crippen LogP contribution in [-0.2, 0) is 21.2 Å². The minimum atomic E-state index is -3.42. The summed E-state index contributed by atoms with van der Waals surface area (Å²) in [6.45, 7) is 4.57. The summed E-state index contributed by atoms with van der Waals surface area (Å²) in [6.07, 6.45) is 9.37. The predicted molar refractivity (Wildman–Crippen MR) is 116 cm³/mol. The van der Waals surface area contributed by atoms with E-state index in [-0.39, 0.29) is 0 Å². The average molecular weight is 401 g/mol. The smallest absolute Gasteiger partial charge is 0.184 e. The lowest BCUT2D eigenvalue weighted by Gasteiger charge is -2.15. The van der Waals surface area contributed by atoms with E-state index in [0.29, 0.717) is 17.9 Å². The monoisotopic (exact) mass is 400 g/mol. The molecule has 0 aromatic heterocycles. The van der Waals surface area contributed by atoms with Gasteiger partial charge in [-0.1, -0.05) is 87.1 Å². The minimum Gasteiger partial charge on any atom is -0.497 e. The van der Waals surface area contributed by atoms with Gasteiger partial charge in [0.05, 0.1) is 16.4 Å². The molecule has 4 heteroatoms. The van der Waals surface area contributed by atoms with Gasteiger partial charge < -0.3 is 4.74 Å². The van der Waals surface area contributed by atoms with E-state index < -0.39 is 15.1 Å². The Morgan fingerprint density at radius 2 is 1.61 bits per heavy atom. The zero-order valence-corrected chi connectivity index (χ0v) is 17.8. The maximum Gasteiger partial charge on any atom is 0.184 e. The van der Waals surface area contributed by atoms with Crippen LogP contribution in [0.1, 0.15) is 56.6 Å². The molecule has 2 aromatic carbocycles. The number of benzene rings is 2. The van der Waals surface area contributed by atoms with Crippen LogP contribution in [0.5, 0.6) is 0 Å². The normalized spacial score (nSPS) is 12.9. The molecule has 0 spiro atoms. The molecule has 0 saturated heterocycles. The van der Waals surface area contributed by atoms with Crippen molar-refractivity contribution < 1.29 is 13.2 Å². The Morgan fingerprint density at radius 3 is 2.29 bits per heavy atom. The van der Waals surface area contributed by atoms with Crippen molar-refractivity contribution in [3.05, 3.63) is 78.1 Å². The van der Waals surface area contributed by atoms with Crippen LogP contribution in [0.4, 0.5) is 0 Å². The van der Waals surface area contributed by atoms with Gasteiger partial charge in [-0.3, -0.25) is 0 Å². The topological polar surface area (TPSA) is 43.4 Å². The van der Waals surface area contributed by atoms with Gasteiger partial charge in [0, 0.05) is 0 Å². The molecule has 3 nitrogen and oxygen atoms in total. The molecule has 1 unspecified atom stereocenters. The first kappa shape index (κ1) is 22.2. The molecule has 0 amide bonds. The van der Waals surface area contributed by atoms with Crippen LogP contribution in [0.2, 0.25) is 0 Å². The van der Waals surface area contributed by atoms with E-state index in [1.54, 1.807) is 24.5 Å². The number of ether oxygens (including phenoxy) is 1. The highest BCUT2D eigenvalue weighted by molar-refractivity contribution is 7.92. The Balaban J connectivity index is 2.04. The molecule has 1 atom stereocenters. The van der Waals surface area contributed by atoms with E-state index in [2.05, 4.69) is 6.92 Å². The molecule has 152 valence electrons. The largest absolute Gasteiger partial charge is 0.497 e. The molecule has 0 fully saturated rings. The number of aryl methyl sites for hydroxylation is 1. The summed E-state index contributed by atoms with van der Waals surface area (Å²) in [4.78, 5) is 0.379.